The molecule has 7 nitrogen and oxygen atoms in total. The molecule has 0 radical (unpaired) electrons. The number of hydrogen-bond acceptors (Lipinski definition) is 4. The van der Waals surface area contributed by atoms with Crippen LogP contribution in [0, 0.1) is 35.3 Å². The van der Waals surface area contributed by atoms with Gasteiger partial charge in [-0.05, 0) is 42.7 Å². The van der Waals surface area contributed by atoms with Gasteiger partial charge in [0.1, 0.15) is 6.33 Å². The Morgan fingerprint density at radius 2 is 1.94 bits per heavy atom. The standard InChI is InChI=1S/C22H20F2N6O/c1-11(22(31)28-12-2-3-20-25-9-27-30(20)8-12)21-14-4-13(5-15(14)21)29-10-26-18-6-16(23)17(24)7-19(18)29/h2-3,6-11,13-15,21H,4-5H2,1H3,(H,28,31)/t11?,13?,14-,15+,21?. The van der Waals surface area contributed by atoms with Crippen LogP contribution in [0.4, 0.5) is 14.5 Å². The maximum atomic E-state index is 13.7. The lowest BCUT2D eigenvalue weighted by molar-refractivity contribution is -0.120. The Morgan fingerprint density at radius 3 is 2.74 bits per heavy atom. The van der Waals surface area contributed by atoms with E-state index >= 15 is 0 Å². The first kappa shape index (κ1) is 18.4. The lowest BCUT2D eigenvalue weighted by atomic mass is 9.96. The molecular weight excluding hydrogens is 402 g/mol. The normalized spacial score (nSPS) is 25.6. The molecule has 1 aromatic carbocycles. The summed E-state index contributed by atoms with van der Waals surface area (Å²) in [6, 6.07) is 6.20. The van der Waals surface area contributed by atoms with Gasteiger partial charge in [-0.1, -0.05) is 6.92 Å². The zero-order chi connectivity index (χ0) is 21.3. The molecule has 31 heavy (non-hydrogen) atoms. The van der Waals surface area contributed by atoms with Crippen LogP contribution in [0.5, 0.6) is 0 Å². The summed E-state index contributed by atoms with van der Waals surface area (Å²) in [6.07, 6.45) is 6.73. The zero-order valence-corrected chi connectivity index (χ0v) is 16.7. The molecule has 9 heteroatoms. The molecule has 3 heterocycles. The molecule has 158 valence electrons. The lowest BCUT2D eigenvalue weighted by Gasteiger charge is -2.20. The fourth-order valence-corrected chi connectivity index (χ4v) is 5.47. The van der Waals surface area contributed by atoms with Gasteiger partial charge in [-0.2, -0.15) is 5.10 Å². The number of halogens is 2. The topological polar surface area (TPSA) is 77.1 Å². The minimum atomic E-state index is -0.880. The average molecular weight is 422 g/mol. The van der Waals surface area contributed by atoms with Crippen LogP contribution in [-0.4, -0.2) is 30.1 Å². The van der Waals surface area contributed by atoms with Crippen molar-refractivity contribution in [3.8, 4) is 0 Å². The predicted molar refractivity (Wildman–Crippen MR) is 109 cm³/mol. The number of carbonyl (C=O) groups is 1. The second-order valence-electron chi connectivity index (χ2n) is 8.70. The maximum Gasteiger partial charge on any atom is 0.227 e. The predicted octanol–water partition coefficient (Wildman–Crippen LogP) is 3.83. The zero-order valence-electron chi connectivity index (χ0n) is 16.7. The Kier molecular flexibility index (Phi) is 3.90. The van der Waals surface area contributed by atoms with Crippen LogP contribution in [0.25, 0.3) is 16.7 Å². The highest BCUT2D eigenvalue weighted by molar-refractivity contribution is 5.92. The number of anilines is 1. The van der Waals surface area contributed by atoms with Gasteiger partial charge in [0.2, 0.25) is 5.91 Å². The summed E-state index contributed by atoms with van der Waals surface area (Å²) in [7, 11) is 0. The van der Waals surface area contributed by atoms with Crippen LogP contribution >= 0.6 is 0 Å². The molecular formula is C22H20F2N6O. The number of benzene rings is 1. The van der Waals surface area contributed by atoms with Crippen LogP contribution in [0.3, 0.4) is 0 Å². The van der Waals surface area contributed by atoms with Gasteiger partial charge in [0.15, 0.2) is 17.3 Å². The van der Waals surface area contributed by atoms with Gasteiger partial charge in [0.05, 0.1) is 29.2 Å². The van der Waals surface area contributed by atoms with Gasteiger partial charge < -0.3 is 9.88 Å². The fourth-order valence-electron chi connectivity index (χ4n) is 5.47. The van der Waals surface area contributed by atoms with Crippen molar-refractivity contribution >= 4 is 28.3 Å². The third kappa shape index (κ3) is 2.90. The minimum absolute atomic E-state index is 0.000965. The van der Waals surface area contributed by atoms with Crippen molar-refractivity contribution in [2.75, 3.05) is 5.32 Å². The van der Waals surface area contributed by atoms with Gasteiger partial charge in [-0.15, -0.1) is 0 Å². The quantitative estimate of drug-likeness (QED) is 0.542. The number of amides is 1. The highest BCUT2D eigenvalue weighted by Crippen LogP contribution is 2.64. The number of nitrogens with zero attached hydrogens (tertiary/aromatic N) is 5. The minimum Gasteiger partial charge on any atom is -0.327 e. The second kappa shape index (κ2) is 6.57. The summed E-state index contributed by atoms with van der Waals surface area (Å²) in [6.45, 7) is 1.98. The SMILES string of the molecule is CC(C(=O)Nc1ccc2ncnn2c1)C1[C@H]2CC(n3cnc4cc(F)c(F)cc43)C[C@@H]12. The van der Waals surface area contributed by atoms with Crippen LogP contribution < -0.4 is 5.32 Å². The van der Waals surface area contributed by atoms with E-state index in [0.29, 0.717) is 34.5 Å². The van der Waals surface area contributed by atoms with E-state index in [1.807, 2.05) is 23.6 Å². The first-order valence-corrected chi connectivity index (χ1v) is 10.4. The van der Waals surface area contributed by atoms with Crippen molar-refractivity contribution in [3.05, 3.63) is 54.8 Å². The molecule has 3 aromatic heterocycles. The highest BCUT2D eigenvalue weighted by atomic mass is 19.2. The number of fused-ring (bicyclic) bond motifs is 3. The summed E-state index contributed by atoms with van der Waals surface area (Å²) >= 11 is 0. The molecule has 5 atom stereocenters. The largest absolute Gasteiger partial charge is 0.327 e. The van der Waals surface area contributed by atoms with E-state index in [-0.39, 0.29) is 17.9 Å². The van der Waals surface area contributed by atoms with Crippen molar-refractivity contribution < 1.29 is 13.6 Å². The van der Waals surface area contributed by atoms with Crippen molar-refractivity contribution in [1.82, 2.24) is 24.1 Å². The van der Waals surface area contributed by atoms with E-state index in [9.17, 15) is 13.6 Å². The molecule has 0 aliphatic heterocycles. The monoisotopic (exact) mass is 422 g/mol. The smallest absolute Gasteiger partial charge is 0.227 e. The van der Waals surface area contributed by atoms with Gasteiger partial charge in [0.25, 0.3) is 0 Å². The first-order valence-electron chi connectivity index (χ1n) is 10.4. The Labute approximate surface area is 176 Å². The summed E-state index contributed by atoms with van der Waals surface area (Å²) in [5.41, 5.74) is 2.50. The van der Waals surface area contributed by atoms with Gasteiger partial charge in [0, 0.05) is 24.1 Å². The lowest BCUT2D eigenvalue weighted by Crippen LogP contribution is -2.24. The van der Waals surface area contributed by atoms with Gasteiger partial charge in [-0.3, -0.25) is 4.79 Å². The van der Waals surface area contributed by atoms with Gasteiger partial charge >= 0.3 is 0 Å². The van der Waals surface area contributed by atoms with Crippen molar-refractivity contribution in [2.45, 2.75) is 25.8 Å². The highest BCUT2D eigenvalue weighted by Gasteiger charge is 2.59. The molecule has 2 saturated carbocycles. The number of imidazole rings is 1. The third-order valence-corrected chi connectivity index (χ3v) is 7.03. The summed E-state index contributed by atoms with van der Waals surface area (Å²) in [5, 5.41) is 7.08. The van der Waals surface area contributed by atoms with Crippen LogP contribution in [0.2, 0.25) is 0 Å². The molecule has 1 amide bonds. The fraction of sp³-hybridized carbons (Fsp3) is 0.364. The molecule has 1 N–H and O–H groups in total. The molecule has 0 spiro atoms. The first-order chi connectivity index (χ1) is 15.0. The summed E-state index contributed by atoms with van der Waals surface area (Å²) in [5.74, 6) is -0.568. The van der Waals surface area contributed by atoms with Crippen LogP contribution in [-0.2, 0) is 4.79 Å². The molecule has 3 unspecified atom stereocenters. The van der Waals surface area contributed by atoms with E-state index < -0.39 is 11.6 Å². The molecule has 0 bridgehead atoms. The Bertz CT molecular complexity index is 1320. The number of nitrogens with one attached hydrogen (secondary N) is 1. The Hall–Kier alpha value is -3.36. The summed E-state index contributed by atoms with van der Waals surface area (Å²) < 4.78 is 30.8. The Morgan fingerprint density at radius 1 is 1.16 bits per heavy atom. The number of hydrogen-bond donors (Lipinski definition) is 1. The molecule has 6 rings (SSSR count). The number of pyridine rings is 1. The maximum absolute atomic E-state index is 13.7. The van der Waals surface area contributed by atoms with Gasteiger partial charge in [-0.25, -0.2) is 23.3 Å². The average Bonchev–Trinajstić information content (AvgIpc) is 3.18. The van der Waals surface area contributed by atoms with Crippen LogP contribution in [0.1, 0.15) is 25.8 Å². The van der Waals surface area contributed by atoms with Crippen molar-refractivity contribution in [1.29, 1.82) is 0 Å². The molecule has 2 aliphatic rings. The number of rotatable bonds is 4. The van der Waals surface area contributed by atoms with E-state index in [0.717, 1.165) is 24.6 Å². The summed E-state index contributed by atoms with van der Waals surface area (Å²) in [4.78, 5) is 21.1. The molecule has 2 aliphatic carbocycles. The molecule has 4 aromatic rings. The number of carbonyl (C=O) groups excluding carboxylic acids is 1. The third-order valence-electron chi connectivity index (χ3n) is 7.03. The molecule has 2 fully saturated rings. The Balaban J connectivity index is 1.13. The van der Waals surface area contributed by atoms with E-state index in [1.165, 1.54) is 12.4 Å². The molecule has 0 saturated heterocycles. The number of aromatic nitrogens is 5. The van der Waals surface area contributed by atoms with Crippen molar-refractivity contribution in [3.63, 3.8) is 0 Å². The van der Waals surface area contributed by atoms with Crippen LogP contribution in [0.15, 0.2) is 43.1 Å². The van der Waals surface area contributed by atoms with E-state index in [2.05, 4.69) is 20.4 Å². The van der Waals surface area contributed by atoms with E-state index in [1.54, 1.807) is 17.0 Å². The van der Waals surface area contributed by atoms with Crippen molar-refractivity contribution in [2.24, 2.45) is 23.7 Å². The second-order valence-corrected chi connectivity index (χ2v) is 8.70. The van der Waals surface area contributed by atoms with E-state index in [4.69, 9.17) is 0 Å².